The number of nitrogens with zero attached hydrogens (tertiary/aromatic N) is 1. The summed E-state index contributed by atoms with van der Waals surface area (Å²) in [5.74, 6) is 0.267. The van der Waals surface area contributed by atoms with Crippen molar-refractivity contribution in [3.8, 4) is 0 Å². The lowest BCUT2D eigenvalue weighted by Crippen LogP contribution is -2.25. The third-order valence-electron chi connectivity index (χ3n) is 2.82. The van der Waals surface area contributed by atoms with E-state index in [4.69, 9.17) is 9.84 Å². The van der Waals surface area contributed by atoms with Crippen LogP contribution in [0, 0.1) is 11.8 Å². The summed E-state index contributed by atoms with van der Waals surface area (Å²) in [5, 5.41) is 8.70. The van der Waals surface area contributed by atoms with Crippen LogP contribution in [0.4, 0.5) is 0 Å². The van der Waals surface area contributed by atoms with Crippen LogP contribution >= 0.6 is 0 Å². The lowest BCUT2D eigenvalue weighted by Gasteiger charge is -2.13. The Labute approximate surface area is 84.8 Å². The van der Waals surface area contributed by atoms with Crippen LogP contribution in [0.15, 0.2) is 0 Å². The zero-order valence-electron chi connectivity index (χ0n) is 8.90. The van der Waals surface area contributed by atoms with Crippen LogP contribution in [-0.2, 0) is 9.53 Å². The molecule has 2 atom stereocenters. The van der Waals surface area contributed by atoms with Crippen molar-refractivity contribution in [1.82, 2.24) is 4.90 Å². The highest BCUT2D eigenvalue weighted by molar-refractivity contribution is 5.73. The lowest BCUT2D eigenvalue weighted by molar-refractivity contribution is -0.146. The summed E-state index contributed by atoms with van der Waals surface area (Å²) >= 11 is 0. The number of hydrogen-bond acceptors (Lipinski definition) is 4. The molecule has 1 aliphatic rings. The Balaban J connectivity index is 2.39. The van der Waals surface area contributed by atoms with Crippen LogP contribution in [0.5, 0.6) is 0 Å². The first-order valence-corrected chi connectivity index (χ1v) is 5.10. The Bertz CT molecular complexity index is 196. The second kappa shape index (κ2) is 5.32. The molecule has 1 rings (SSSR count). The predicted molar refractivity (Wildman–Crippen MR) is 52.8 cm³/mol. The van der Waals surface area contributed by atoms with Gasteiger partial charge in [-0.3, -0.25) is 4.79 Å². The number of aliphatic hydroxyl groups excluding tert-OH is 1. The Kier molecular flexibility index (Phi) is 4.35. The summed E-state index contributed by atoms with van der Waals surface area (Å²) in [6.45, 7) is 4.86. The summed E-state index contributed by atoms with van der Waals surface area (Å²) in [6, 6.07) is 0. The molecule has 0 amide bonds. The number of esters is 1. The van der Waals surface area contributed by atoms with Gasteiger partial charge < -0.3 is 14.7 Å². The lowest BCUT2D eigenvalue weighted by atomic mass is 9.99. The molecule has 0 radical (unpaired) electrons. The van der Waals surface area contributed by atoms with Gasteiger partial charge in [0.25, 0.3) is 0 Å². The van der Waals surface area contributed by atoms with Crippen LogP contribution < -0.4 is 0 Å². The van der Waals surface area contributed by atoms with Crippen molar-refractivity contribution >= 4 is 5.97 Å². The maximum atomic E-state index is 11.3. The van der Waals surface area contributed by atoms with E-state index in [1.54, 1.807) is 0 Å². The van der Waals surface area contributed by atoms with E-state index in [1.165, 1.54) is 7.11 Å². The number of hydrogen-bond donors (Lipinski definition) is 1. The largest absolute Gasteiger partial charge is 0.469 e. The van der Waals surface area contributed by atoms with Crippen molar-refractivity contribution in [2.24, 2.45) is 11.8 Å². The summed E-state index contributed by atoms with van der Waals surface area (Å²) in [6.07, 6.45) is 0.778. The Morgan fingerprint density at radius 1 is 1.57 bits per heavy atom. The maximum absolute atomic E-state index is 11.3. The average Bonchev–Trinajstić information content (AvgIpc) is 2.55. The van der Waals surface area contributed by atoms with Gasteiger partial charge in [-0.15, -0.1) is 0 Å². The highest BCUT2D eigenvalue weighted by Gasteiger charge is 2.34. The van der Waals surface area contributed by atoms with Crippen molar-refractivity contribution in [3.63, 3.8) is 0 Å². The summed E-state index contributed by atoms with van der Waals surface area (Å²) < 4.78 is 4.74. The highest BCUT2D eigenvalue weighted by Crippen LogP contribution is 2.23. The monoisotopic (exact) mass is 201 g/mol. The summed E-state index contributed by atoms with van der Waals surface area (Å²) in [4.78, 5) is 13.6. The number of rotatable bonds is 4. The van der Waals surface area contributed by atoms with Crippen LogP contribution in [-0.4, -0.2) is 49.3 Å². The van der Waals surface area contributed by atoms with E-state index in [9.17, 15) is 4.79 Å². The molecule has 1 N–H and O–H groups in total. The van der Waals surface area contributed by atoms with Gasteiger partial charge in [-0.1, -0.05) is 6.92 Å². The Hall–Kier alpha value is -0.610. The molecule has 0 bridgehead atoms. The highest BCUT2D eigenvalue weighted by atomic mass is 16.5. The second-order valence-corrected chi connectivity index (χ2v) is 3.94. The van der Waals surface area contributed by atoms with Gasteiger partial charge in [0.05, 0.1) is 13.0 Å². The molecule has 4 heteroatoms. The van der Waals surface area contributed by atoms with Crippen LogP contribution in [0.2, 0.25) is 0 Å². The molecule has 2 unspecified atom stereocenters. The van der Waals surface area contributed by atoms with Crippen molar-refractivity contribution < 1.29 is 14.6 Å². The van der Waals surface area contributed by atoms with E-state index in [2.05, 4.69) is 11.8 Å². The molecule has 0 aromatic carbocycles. The third-order valence-corrected chi connectivity index (χ3v) is 2.82. The van der Waals surface area contributed by atoms with Crippen LogP contribution in [0.3, 0.4) is 0 Å². The number of methoxy groups -OCH3 is 1. The van der Waals surface area contributed by atoms with Gasteiger partial charge in [0.1, 0.15) is 0 Å². The first kappa shape index (κ1) is 11.5. The van der Waals surface area contributed by atoms with E-state index in [0.29, 0.717) is 5.92 Å². The van der Waals surface area contributed by atoms with Gasteiger partial charge in [0.2, 0.25) is 0 Å². The van der Waals surface area contributed by atoms with Crippen molar-refractivity contribution in [2.45, 2.75) is 13.3 Å². The molecule has 1 heterocycles. The number of likely N-dealkylation sites (tertiary alicyclic amines) is 1. The fourth-order valence-corrected chi connectivity index (χ4v) is 2.00. The van der Waals surface area contributed by atoms with Crippen LogP contribution in [0.25, 0.3) is 0 Å². The summed E-state index contributed by atoms with van der Waals surface area (Å²) in [5.41, 5.74) is 0. The molecule has 0 spiro atoms. The topological polar surface area (TPSA) is 49.8 Å². The molecule has 0 aliphatic carbocycles. The molecule has 0 aromatic heterocycles. The van der Waals surface area contributed by atoms with E-state index in [-0.39, 0.29) is 18.5 Å². The maximum Gasteiger partial charge on any atom is 0.310 e. The molecular formula is C10H19NO3. The number of ether oxygens (including phenoxy) is 1. The van der Waals surface area contributed by atoms with Gasteiger partial charge in [0, 0.05) is 26.2 Å². The fraction of sp³-hybridized carbons (Fsp3) is 0.900. The minimum Gasteiger partial charge on any atom is -0.469 e. The summed E-state index contributed by atoms with van der Waals surface area (Å²) in [7, 11) is 1.44. The standard InChI is InChI=1S/C10H19NO3/c1-8-6-11(4-3-5-12)7-9(8)10(13)14-2/h8-9,12H,3-7H2,1-2H3. The second-order valence-electron chi connectivity index (χ2n) is 3.94. The molecular weight excluding hydrogens is 182 g/mol. The molecule has 1 saturated heterocycles. The van der Waals surface area contributed by atoms with Crippen molar-refractivity contribution in [1.29, 1.82) is 0 Å². The van der Waals surface area contributed by atoms with Gasteiger partial charge in [0.15, 0.2) is 0 Å². The molecule has 82 valence electrons. The zero-order valence-corrected chi connectivity index (χ0v) is 8.90. The number of carbonyl (C=O) groups excluding carboxylic acids is 1. The predicted octanol–water partition coefficient (Wildman–Crippen LogP) is 0.110. The minimum atomic E-state index is -0.107. The zero-order chi connectivity index (χ0) is 10.6. The van der Waals surface area contributed by atoms with E-state index < -0.39 is 0 Å². The number of carbonyl (C=O) groups is 1. The molecule has 1 aliphatic heterocycles. The van der Waals surface area contributed by atoms with E-state index in [1.807, 2.05) is 0 Å². The first-order valence-electron chi connectivity index (χ1n) is 5.10. The van der Waals surface area contributed by atoms with Crippen molar-refractivity contribution in [2.75, 3.05) is 33.4 Å². The van der Waals surface area contributed by atoms with Gasteiger partial charge in [-0.05, 0) is 12.3 Å². The molecule has 0 saturated carbocycles. The normalized spacial score (nSPS) is 27.9. The molecule has 1 fully saturated rings. The Morgan fingerprint density at radius 3 is 2.86 bits per heavy atom. The third kappa shape index (κ3) is 2.69. The van der Waals surface area contributed by atoms with Gasteiger partial charge in [-0.25, -0.2) is 0 Å². The number of aliphatic hydroxyl groups is 1. The molecule has 4 nitrogen and oxygen atoms in total. The minimum absolute atomic E-state index is 0.0127. The Morgan fingerprint density at radius 2 is 2.29 bits per heavy atom. The van der Waals surface area contributed by atoms with Crippen LogP contribution in [0.1, 0.15) is 13.3 Å². The smallest absolute Gasteiger partial charge is 0.310 e. The average molecular weight is 201 g/mol. The first-order chi connectivity index (χ1) is 6.69. The van der Waals surface area contributed by atoms with Crippen molar-refractivity contribution in [3.05, 3.63) is 0 Å². The van der Waals surface area contributed by atoms with Gasteiger partial charge in [-0.2, -0.15) is 0 Å². The van der Waals surface area contributed by atoms with E-state index in [0.717, 1.165) is 26.1 Å². The SMILES string of the molecule is COC(=O)C1CN(CCCO)CC1C. The van der Waals surface area contributed by atoms with E-state index >= 15 is 0 Å². The molecule has 0 aromatic rings. The fourth-order valence-electron chi connectivity index (χ4n) is 2.00. The van der Waals surface area contributed by atoms with Gasteiger partial charge >= 0.3 is 5.97 Å². The quantitative estimate of drug-likeness (QED) is 0.656. The molecule has 14 heavy (non-hydrogen) atoms.